The number of halogens is 2. The van der Waals surface area contributed by atoms with Gasteiger partial charge in [0.1, 0.15) is 5.75 Å². The van der Waals surface area contributed by atoms with E-state index in [0.29, 0.717) is 16.4 Å². The van der Waals surface area contributed by atoms with Crippen LogP contribution in [0.3, 0.4) is 0 Å². The van der Waals surface area contributed by atoms with E-state index in [0.717, 1.165) is 19.4 Å². The zero-order valence-electron chi connectivity index (χ0n) is 12.1. The van der Waals surface area contributed by atoms with Gasteiger partial charge in [0, 0.05) is 10.9 Å². The number of benzene rings is 1. The molecule has 1 unspecified atom stereocenters. The van der Waals surface area contributed by atoms with Gasteiger partial charge in [0.25, 0.3) is 0 Å². The van der Waals surface area contributed by atoms with Crippen molar-refractivity contribution in [1.29, 1.82) is 0 Å². The van der Waals surface area contributed by atoms with Gasteiger partial charge in [-0.3, -0.25) is 4.79 Å². The molecule has 2 heterocycles. The maximum absolute atomic E-state index is 12.5. The van der Waals surface area contributed by atoms with Crippen molar-refractivity contribution in [2.45, 2.75) is 25.5 Å². The van der Waals surface area contributed by atoms with Gasteiger partial charge in [0.15, 0.2) is 5.13 Å². The molecule has 1 fully saturated rings. The summed E-state index contributed by atoms with van der Waals surface area (Å²) in [5.41, 5.74) is 0.949. The number of amides is 1. The number of carbonyl (C=O) groups excluding carboxylic acids is 1. The van der Waals surface area contributed by atoms with Crippen molar-refractivity contribution < 1.29 is 18.3 Å². The molecule has 2 N–H and O–H groups in total. The largest absolute Gasteiger partial charge is 0.434 e. The fraction of sp³-hybridized carbons (Fsp3) is 0.333. The lowest BCUT2D eigenvalue weighted by Gasteiger charge is -2.09. The van der Waals surface area contributed by atoms with Crippen molar-refractivity contribution in [2.24, 2.45) is 0 Å². The van der Waals surface area contributed by atoms with Crippen molar-refractivity contribution in [3.63, 3.8) is 0 Å². The topological polar surface area (TPSA) is 63.2 Å². The summed E-state index contributed by atoms with van der Waals surface area (Å²) in [6, 6.07) is 6.24. The van der Waals surface area contributed by atoms with Crippen LogP contribution >= 0.6 is 11.3 Å². The summed E-state index contributed by atoms with van der Waals surface area (Å²) in [6.45, 7) is -2.07. The molecule has 2 aromatic rings. The highest BCUT2D eigenvalue weighted by Crippen LogP contribution is 2.33. The summed E-state index contributed by atoms with van der Waals surface area (Å²) in [5, 5.41) is 7.99. The van der Waals surface area contributed by atoms with Crippen LogP contribution in [0.2, 0.25) is 0 Å². The van der Waals surface area contributed by atoms with Crippen LogP contribution in [0.4, 0.5) is 13.9 Å². The van der Waals surface area contributed by atoms with Crippen LogP contribution < -0.4 is 15.4 Å². The summed E-state index contributed by atoms with van der Waals surface area (Å²) in [4.78, 5) is 16.3. The van der Waals surface area contributed by atoms with Gasteiger partial charge in [-0.25, -0.2) is 4.98 Å². The van der Waals surface area contributed by atoms with Crippen molar-refractivity contribution in [3.8, 4) is 17.0 Å². The normalized spacial score (nSPS) is 17.4. The number of thiazole rings is 1. The molecule has 0 radical (unpaired) electrons. The molecule has 23 heavy (non-hydrogen) atoms. The Kier molecular flexibility index (Phi) is 4.82. The van der Waals surface area contributed by atoms with Gasteiger partial charge in [-0.15, -0.1) is 11.3 Å². The number of hydrogen-bond acceptors (Lipinski definition) is 5. The van der Waals surface area contributed by atoms with Gasteiger partial charge >= 0.3 is 6.61 Å². The smallest absolute Gasteiger partial charge is 0.387 e. The molecule has 1 aliphatic heterocycles. The van der Waals surface area contributed by atoms with E-state index in [1.807, 2.05) is 0 Å². The van der Waals surface area contributed by atoms with E-state index < -0.39 is 6.61 Å². The molecule has 1 atom stereocenters. The van der Waals surface area contributed by atoms with E-state index in [9.17, 15) is 13.6 Å². The van der Waals surface area contributed by atoms with Crippen LogP contribution in [0.5, 0.6) is 5.75 Å². The minimum absolute atomic E-state index is 0.0585. The van der Waals surface area contributed by atoms with Gasteiger partial charge in [0.05, 0.1) is 11.7 Å². The van der Waals surface area contributed by atoms with Gasteiger partial charge in [-0.05, 0) is 31.5 Å². The third-order valence-electron chi connectivity index (χ3n) is 3.49. The molecule has 0 saturated carbocycles. The minimum atomic E-state index is -2.90. The molecular weight excluding hydrogens is 324 g/mol. The maximum atomic E-state index is 12.5. The first-order valence-corrected chi connectivity index (χ1v) is 8.05. The molecule has 1 amide bonds. The monoisotopic (exact) mass is 339 g/mol. The van der Waals surface area contributed by atoms with E-state index in [4.69, 9.17) is 0 Å². The molecule has 5 nitrogen and oxygen atoms in total. The van der Waals surface area contributed by atoms with Gasteiger partial charge < -0.3 is 15.4 Å². The zero-order chi connectivity index (χ0) is 16.2. The van der Waals surface area contributed by atoms with E-state index in [-0.39, 0.29) is 17.7 Å². The number of hydrogen-bond donors (Lipinski definition) is 2. The second-order valence-corrected chi connectivity index (χ2v) is 5.91. The first-order valence-electron chi connectivity index (χ1n) is 7.17. The number of carbonyl (C=O) groups is 1. The fourth-order valence-corrected chi connectivity index (χ4v) is 3.15. The van der Waals surface area contributed by atoms with Gasteiger partial charge in [0.2, 0.25) is 5.91 Å². The van der Waals surface area contributed by atoms with Crippen LogP contribution in [0, 0.1) is 0 Å². The fourth-order valence-electron chi connectivity index (χ4n) is 2.43. The molecule has 1 aromatic carbocycles. The number of rotatable bonds is 5. The van der Waals surface area contributed by atoms with Crippen LogP contribution in [-0.4, -0.2) is 30.1 Å². The number of nitrogens with zero attached hydrogens (tertiary/aromatic N) is 1. The molecule has 0 bridgehead atoms. The van der Waals surface area contributed by atoms with Crippen molar-refractivity contribution >= 4 is 22.4 Å². The first kappa shape index (κ1) is 15.8. The highest BCUT2D eigenvalue weighted by atomic mass is 32.1. The summed E-state index contributed by atoms with van der Waals surface area (Å²) < 4.78 is 29.4. The van der Waals surface area contributed by atoms with Gasteiger partial charge in [-0.2, -0.15) is 8.78 Å². The molecule has 1 aromatic heterocycles. The molecule has 3 rings (SSSR count). The lowest BCUT2D eigenvalue weighted by Crippen LogP contribution is -2.35. The quantitative estimate of drug-likeness (QED) is 0.879. The minimum Gasteiger partial charge on any atom is -0.434 e. The number of alkyl halides is 2. The highest BCUT2D eigenvalue weighted by Gasteiger charge is 2.23. The predicted octanol–water partition coefficient (Wildman–Crippen LogP) is 3.10. The number of nitrogens with one attached hydrogen (secondary N) is 2. The SMILES string of the molecule is O=C(Nc1nc(-c2ccccc2OC(F)F)cs1)C1CCCN1. The second kappa shape index (κ2) is 7.01. The predicted molar refractivity (Wildman–Crippen MR) is 83.8 cm³/mol. The average Bonchev–Trinajstić information content (AvgIpc) is 3.18. The molecular formula is C15H15F2N3O2S. The average molecular weight is 339 g/mol. The molecule has 0 spiro atoms. The maximum Gasteiger partial charge on any atom is 0.387 e. The Labute approximate surface area is 135 Å². The van der Waals surface area contributed by atoms with Crippen LogP contribution in [-0.2, 0) is 4.79 Å². The Morgan fingerprint density at radius 3 is 3.00 bits per heavy atom. The van der Waals surface area contributed by atoms with Crippen LogP contribution in [0.15, 0.2) is 29.6 Å². The Bertz CT molecular complexity index is 687. The van der Waals surface area contributed by atoms with Gasteiger partial charge in [-0.1, -0.05) is 12.1 Å². The number of para-hydroxylation sites is 1. The Balaban J connectivity index is 1.75. The third-order valence-corrected chi connectivity index (χ3v) is 4.25. The number of anilines is 1. The zero-order valence-corrected chi connectivity index (χ0v) is 12.9. The summed E-state index contributed by atoms with van der Waals surface area (Å²) in [6.07, 6.45) is 1.77. The lowest BCUT2D eigenvalue weighted by molar-refractivity contribution is -0.117. The summed E-state index contributed by atoms with van der Waals surface area (Å²) in [5.74, 6) is -0.0661. The third kappa shape index (κ3) is 3.83. The van der Waals surface area contributed by atoms with Crippen molar-refractivity contribution in [3.05, 3.63) is 29.6 Å². The summed E-state index contributed by atoms with van der Waals surface area (Å²) in [7, 11) is 0. The molecule has 0 aliphatic carbocycles. The van der Waals surface area contributed by atoms with Crippen LogP contribution in [0.25, 0.3) is 11.3 Å². The molecule has 1 aliphatic rings. The van der Waals surface area contributed by atoms with Crippen molar-refractivity contribution in [2.75, 3.05) is 11.9 Å². The molecule has 122 valence electrons. The standard InChI is InChI=1S/C15H15F2N3O2S/c16-14(17)22-12-6-2-1-4-9(12)11-8-23-15(19-11)20-13(21)10-5-3-7-18-10/h1-2,4,6,8,10,14,18H,3,5,7H2,(H,19,20,21). The Morgan fingerprint density at radius 2 is 2.26 bits per heavy atom. The second-order valence-electron chi connectivity index (χ2n) is 5.05. The summed E-state index contributed by atoms with van der Waals surface area (Å²) >= 11 is 1.25. The Hall–Kier alpha value is -2.06. The Morgan fingerprint density at radius 1 is 1.43 bits per heavy atom. The van der Waals surface area contributed by atoms with E-state index in [1.165, 1.54) is 17.4 Å². The first-order chi connectivity index (χ1) is 11.1. The number of ether oxygens (including phenoxy) is 1. The number of aromatic nitrogens is 1. The van der Waals surface area contributed by atoms with Crippen molar-refractivity contribution in [1.82, 2.24) is 10.3 Å². The van der Waals surface area contributed by atoms with E-state index in [2.05, 4.69) is 20.4 Å². The van der Waals surface area contributed by atoms with E-state index >= 15 is 0 Å². The molecule has 1 saturated heterocycles. The lowest BCUT2D eigenvalue weighted by atomic mass is 10.1. The van der Waals surface area contributed by atoms with Crippen LogP contribution in [0.1, 0.15) is 12.8 Å². The van der Waals surface area contributed by atoms with E-state index in [1.54, 1.807) is 23.6 Å². The molecule has 8 heteroatoms. The highest BCUT2D eigenvalue weighted by molar-refractivity contribution is 7.14.